The van der Waals surface area contributed by atoms with Gasteiger partial charge in [-0.1, -0.05) is 52.3 Å². The van der Waals surface area contributed by atoms with Gasteiger partial charge in [0.25, 0.3) is 0 Å². The van der Waals surface area contributed by atoms with Gasteiger partial charge >= 0.3 is 0 Å². The first-order chi connectivity index (χ1) is 12.7. The summed E-state index contributed by atoms with van der Waals surface area (Å²) >= 11 is 3.54. The number of rotatable bonds is 4. The van der Waals surface area contributed by atoms with Crippen molar-refractivity contribution in [3.63, 3.8) is 0 Å². The van der Waals surface area contributed by atoms with Crippen molar-refractivity contribution < 1.29 is 4.74 Å². The molecule has 3 aromatic carbocycles. The van der Waals surface area contributed by atoms with Gasteiger partial charge in [-0.05, 0) is 30.3 Å². The lowest BCUT2D eigenvalue weighted by Gasteiger charge is -2.11. The zero-order valence-corrected chi connectivity index (χ0v) is 15.7. The van der Waals surface area contributed by atoms with Gasteiger partial charge in [-0.15, -0.1) is 0 Å². The Morgan fingerprint density at radius 3 is 2.54 bits per heavy atom. The van der Waals surface area contributed by atoms with Crippen molar-refractivity contribution in [3.8, 4) is 17.0 Å². The van der Waals surface area contributed by atoms with Crippen LogP contribution in [0.2, 0.25) is 0 Å². The molecule has 0 radical (unpaired) electrons. The molecule has 1 heterocycles. The summed E-state index contributed by atoms with van der Waals surface area (Å²) in [5.74, 6) is 1.33. The van der Waals surface area contributed by atoms with E-state index in [-0.39, 0.29) is 0 Å². The molecule has 0 unspecified atom stereocenters. The van der Waals surface area contributed by atoms with Crippen LogP contribution in [0.4, 0.5) is 11.6 Å². The molecule has 1 aromatic heterocycles. The van der Waals surface area contributed by atoms with Gasteiger partial charge in [-0.2, -0.15) is 0 Å². The maximum Gasteiger partial charge on any atom is 0.228 e. The molecule has 0 fully saturated rings. The quantitative estimate of drug-likeness (QED) is 0.465. The normalized spacial score (nSPS) is 10.7. The monoisotopic (exact) mass is 405 g/mol. The Kier molecular flexibility index (Phi) is 4.54. The lowest BCUT2D eigenvalue weighted by Crippen LogP contribution is -2.00. The zero-order valence-electron chi connectivity index (χ0n) is 14.1. The van der Waals surface area contributed by atoms with Crippen molar-refractivity contribution in [1.29, 1.82) is 0 Å². The van der Waals surface area contributed by atoms with E-state index >= 15 is 0 Å². The van der Waals surface area contributed by atoms with Crippen molar-refractivity contribution in [3.05, 3.63) is 77.3 Å². The van der Waals surface area contributed by atoms with Crippen LogP contribution in [0.3, 0.4) is 0 Å². The molecule has 0 saturated heterocycles. The average molecular weight is 406 g/mol. The van der Waals surface area contributed by atoms with E-state index in [1.807, 2.05) is 60.7 Å². The smallest absolute Gasteiger partial charge is 0.228 e. The fraction of sp³-hybridized carbons (Fsp3) is 0.0476. The third-order valence-electron chi connectivity index (χ3n) is 4.03. The maximum absolute atomic E-state index is 5.28. The topological polar surface area (TPSA) is 47.0 Å². The largest absolute Gasteiger partial charge is 0.497 e. The number of nitrogens with one attached hydrogen (secondary N) is 1. The molecule has 0 aliphatic carbocycles. The van der Waals surface area contributed by atoms with E-state index in [1.54, 1.807) is 7.11 Å². The molecule has 0 aliphatic rings. The molecule has 0 amide bonds. The number of aromatic nitrogens is 2. The molecule has 0 aliphatic heterocycles. The third-order valence-corrected chi connectivity index (χ3v) is 4.52. The number of hydrogen-bond donors (Lipinski definition) is 1. The lowest BCUT2D eigenvalue weighted by atomic mass is 10.1. The van der Waals surface area contributed by atoms with E-state index in [4.69, 9.17) is 9.72 Å². The third kappa shape index (κ3) is 3.39. The second kappa shape index (κ2) is 7.14. The summed E-state index contributed by atoms with van der Waals surface area (Å²) in [7, 11) is 1.65. The van der Waals surface area contributed by atoms with Crippen molar-refractivity contribution in [2.75, 3.05) is 12.4 Å². The Morgan fingerprint density at radius 1 is 0.885 bits per heavy atom. The molecule has 1 N–H and O–H groups in total. The Morgan fingerprint density at radius 2 is 1.73 bits per heavy atom. The summed E-state index contributed by atoms with van der Waals surface area (Å²) in [4.78, 5) is 9.45. The van der Waals surface area contributed by atoms with E-state index in [0.29, 0.717) is 5.95 Å². The van der Waals surface area contributed by atoms with E-state index in [9.17, 15) is 0 Å². The predicted octanol–water partition coefficient (Wildman–Crippen LogP) is 5.81. The average Bonchev–Trinajstić information content (AvgIpc) is 2.68. The van der Waals surface area contributed by atoms with Crippen LogP contribution in [0.1, 0.15) is 0 Å². The molecule has 0 saturated carbocycles. The van der Waals surface area contributed by atoms with Crippen LogP contribution in [0, 0.1) is 0 Å². The van der Waals surface area contributed by atoms with Gasteiger partial charge in [-0.3, -0.25) is 0 Å². The summed E-state index contributed by atoms with van der Waals surface area (Å²) in [6.45, 7) is 0. The number of nitrogens with zero attached hydrogens (tertiary/aromatic N) is 2. The summed E-state index contributed by atoms with van der Waals surface area (Å²) in [5.41, 5.74) is 3.70. The van der Waals surface area contributed by atoms with Gasteiger partial charge in [0.15, 0.2) is 0 Å². The molecule has 4 nitrogen and oxygen atoms in total. The van der Waals surface area contributed by atoms with Gasteiger partial charge in [0.05, 0.1) is 18.3 Å². The summed E-state index contributed by atoms with van der Waals surface area (Å²) in [6, 6.07) is 23.9. The first kappa shape index (κ1) is 16.5. The lowest BCUT2D eigenvalue weighted by molar-refractivity contribution is 0.415. The number of benzene rings is 3. The van der Waals surface area contributed by atoms with Gasteiger partial charge in [0.2, 0.25) is 5.95 Å². The molecule has 0 atom stereocenters. The summed E-state index contributed by atoms with van der Waals surface area (Å²) in [5, 5.41) is 4.28. The fourth-order valence-corrected chi connectivity index (χ4v) is 3.16. The number of fused-ring (bicyclic) bond motifs is 1. The van der Waals surface area contributed by atoms with Gasteiger partial charge in [-0.25, -0.2) is 9.97 Å². The van der Waals surface area contributed by atoms with Crippen LogP contribution < -0.4 is 10.1 Å². The predicted molar refractivity (Wildman–Crippen MR) is 109 cm³/mol. The van der Waals surface area contributed by atoms with Crippen LogP contribution in [0.25, 0.3) is 22.2 Å². The van der Waals surface area contributed by atoms with Crippen molar-refractivity contribution in [2.24, 2.45) is 0 Å². The Hall–Kier alpha value is -2.92. The van der Waals surface area contributed by atoms with Crippen LogP contribution in [0.5, 0.6) is 5.75 Å². The Labute approximate surface area is 160 Å². The molecule has 4 aromatic rings. The fourth-order valence-electron chi connectivity index (χ4n) is 2.80. The minimum absolute atomic E-state index is 0.548. The van der Waals surface area contributed by atoms with Crippen molar-refractivity contribution >= 4 is 38.5 Å². The molecular weight excluding hydrogens is 390 g/mol. The molecule has 0 bridgehead atoms. The highest BCUT2D eigenvalue weighted by atomic mass is 79.9. The second-order valence-electron chi connectivity index (χ2n) is 5.78. The first-order valence-corrected chi connectivity index (χ1v) is 8.96. The van der Waals surface area contributed by atoms with Crippen LogP contribution in [0.15, 0.2) is 77.3 Å². The van der Waals surface area contributed by atoms with E-state index < -0.39 is 0 Å². The van der Waals surface area contributed by atoms with Crippen molar-refractivity contribution in [2.45, 2.75) is 0 Å². The van der Waals surface area contributed by atoms with Gasteiger partial charge in [0.1, 0.15) is 5.75 Å². The Bertz CT molecular complexity index is 1070. The second-order valence-corrected chi connectivity index (χ2v) is 6.70. The molecule has 26 heavy (non-hydrogen) atoms. The number of anilines is 2. The van der Waals surface area contributed by atoms with Gasteiger partial charge < -0.3 is 10.1 Å². The minimum Gasteiger partial charge on any atom is -0.497 e. The number of ether oxygens (including phenoxy) is 1. The zero-order chi connectivity index (χ0) is 17.9. The van der Waals surface area contributed by atoms with Crippen LogP contribution in [-0.2, 0) is 0 Å². The highest BCUT2D eigenvalue weighted by Gasteiger charge is 2.11. The molecule has 128 valence electrons. The summed E-state index contributed by atoms with van der Waals surface area (Å²) < 4.78 is 6.28. The maximum atomic E-state index is 5.28. The SMILES string of the molecule is COc1cccc(Nc2nc(-c3ccccc3)c3cc(Br)ccc3n2)c1. The molecule has 0 spiro atoms. The van der Waals surface area contributed by atoms with E-state index in [1.165, 1.54) is 0 Å². The minimum atomic E-state index is 0.548. The van der Waals surface area contributed by atoms with E-state index in [0.717, 1.165) is 38.1 Å². The number of hydrogen-bond acceptors (Lipinski definition) is 4. The number of halogens is 1. The highest BCUT2D eigenvalue weighted by Crippen LogP contribution is 2.30. The standard InChI is InChI=1S/C21H16BrN3O/c1-26-17-9-5-8-16(13-17)23-21-24-19-11-10-15(22)12-18(19)20(25-21)14-6-3-2-4-7-14/h2-13H,1H3,(H,23,24,25). The highest BCUT2D eigenvalue weighted by molar-refractivity contribution is 9.10. The van der Waals surface area contributed by atoms with Crippen LogP contribution in [-0.4, -0.2) is 17.1 Å². The first-order valence-electron chi connectivity index (χ1n) is 8.17. The van der Waals surface area contributed by atoms with Gasteiger partial charge in [0, 0.05) is 27.2 Å². The van der Waals surface area contributed by atoms with Crippen molar-refractivity contribution in [1.82, 2.24) is 9.97 Å². The van der Waals surface area contributed by atoms with Crippen LogP contribution >= 0.6 is 15.9 Å². The summed E-state index contributed by atoms with van der Waals surface area (Å²) in [6.07, 6.45) is 0. The molecular formula is C21H16BrN3O. The molecule has 5 heteroatoms. The molecule has 4 rings (SSSR count). The number of methoxy groups -OCH3 is 1. The van der Waals surface area contributed by atoms with E-state index in [2.05, 4.69) is 38.4 Å². The Balaban J connectivity index is 1.84.